The molecule has 1 fully saturated rings. The summed E-state index contributed by atoms with van der Waals surface area (Å²) in [6, 6.07) is 0. The molecule has 7 heteroatoms. The number of nitrogens with two attached hydrogens (primary N) is 1. The lowest BCUT2D eigenvalue weighted by atomic mass is 9.88. The first kappa shape index (κ1) is 20.3. The normalized spacial score (nSPS) is 15.6. The smallest absolute Gasteiger partial charge is 0.330 e. The van der Waals surface area contributed by atoms with Crippen LogP contribution >= 0.6 is 0 Å². The van der Waals surface area contributed by atoms with Gasteiger partial charge in [0.1, 0.15) is 5.82 Å². The van der Waals surface area contributed by atoms with E-state index in [2.05, 4.69) is 4.98 Å². The van der Waals surface area contributed by atoms with Crippen molar-refractivity contribution in [3.05, 3.63) is 20.8 Å². The lowest BCUT2D eigenvalue weighted by Gasteiger charge is -2.31. The minimum absolute atomic E-state index is 0.0506. The van der Waals surface area contributed by atoms with Gasteiger partial charge in [-0.1, -0.05) is 47.0 Å². The van der Waals surface area contributed by atoms with Gasteiger partial charge in [0.15, 0.2) is 5.69 Å². The fourth-order valence-electron chi connectivity index (χ4n) is 3.61. The molecule has 0 atom stereocenters. The molecule has 1 aliphatic rings. The zero-order chi connectivity index (χ0) is 19.4. The van der Waals surface area contributed by atoms with Gasteiger partial charge in [0.25, 0.3) is 5.56 Å². The summed E-state index contributed by atoms with van der Waals surface area (Å²) in [5.41, 5.74) is 5.23. The van der Waals surface area contributed by atoms with Crippen LogP contribution in [0.5, 0.6) is 0 Å². The average molecular weight is 364 g/mol. The van der Waals surface area contributed by atoms with Crippen molar-refractivity contribution in [2.75, 3.05) is 17.2 Å². The number of aromatic nitrogens is 2. The van der Waals surface area contributed by atoms with E-state index in [1.165, 1.54) is 9.47 Å². The fourth-order valence-corrected chi connectivity index (χ4v) is 3.61. The molecule has 1 heterocycles. The van der Waals surface area contributed by atoms with E-state index >= 15 is 0 Å². The number of nitrogen functional groups attached to an aromatic ring is 1. The second-order valence-electron chi connectivity index (χ2n) is 8.18. The highest BCUT2D eigenvalue weighted by atomic mass is 16.2. The Morgan fingerprint density at radius 1 is 1.15 bits per heavy atom. The van der Waals surface area contributed by atoms with Gasteiger partial charge in [-0.25, -0.2) is 4.79 Å². The Morgan fingerprint density at radius 2 is 1.77 bits per heavy atom. The number of nitrogens with zero attached hydrogens (tertiary/aromatic N) is 2. The second kappa shape index (κ2) is 8.56. The SMILES string of the molecule is CC(C)CN(C(=O)C1CCCCC1)c1c(N)n(CC(C)C)c(=O)[nH]c1=O. The molecule has 0 unspecified atom stereocenters. The number of nitrogens with one attached hydrogen (secondary N) is 1. The largest absolute Gasteiger partial charge is 0.383 e. The maximum Gasteiger partial charge on any atom is 0.330 e. The first-order valence-corrected chi connectivity index (χ1v) is 9.66. The molecule has 0 aliphatic heterocycles. The first-order valence-electron chi connectivity index (χ1n) is 9.66. The number of carbonyl (C=O) groups excluding carboxylic acids is 1. The van der Waals surface area contributed by atoms with E-state index in [-0.39, 0.29) is 35.2 Å². The highest BCUT2D eigenvalue weighted by Crippen LogP contribution is 2.28. The topological polar surface area (TPSA) is 101 Å². The highest BCUT2D eigenvalue weighted by Gasteiger charge is 2.31. The summed E-state index contributed by atoms with van der Waals surface area (Å²) in [7, 11) is 0. The monoisotopic (exact) mass is 364 g/mol. The maximum atomic E-state index is 13.2. The highest BCUT2D eigenvalue weighted by molar-refractivity contribution is 5.97. The molecule has 1 aliphatic carbocycles. The van der Waals surface area contributed by atoms with E-state index in [0.717, 1.165) is 32.1 Å². The molecule has 3 N–H and O–H groups in total. The van der Waals surface area contributed by atoms with Gasteiger partial charge >= 0.3 is 5.69 Å². The van der Waals surface area contributed by atoms with E-state index < -0.39 is 11.2 Å². The van der Waals surface area contributed by atoms with Crippen LogP contribution in [0.3, 0.4) is 0 Å². The molecule has 146 valence electrons. The molecule has 1 aromatic rings. The Bertz CT molecular complexity index is 742. The third-order valence-electron chi connectivity index (χ3n) is 4.80. The zero-order valence-corrected chi connectivity index (χ0v) is 16.4. The number of rotatable bonds is 6. The molecule has 0 aromatic carbocycles. The second-order valence-corrected chi connectivity index (χ2v) is 8.18. The van der Waals surface area contributed by atoms with E-state index in [1.54, 1.807) is 0 Å². The molecule has 0 saturated heterocycles. The average Bonchev–Trinajstić information content (AvgIpc) is 2.57. The van der Waals surface area contributed by atoms with Crippen molar-refractivity contribution >= 4 is 17.4 Å². The van der Waals surface area contributed by atoms with Crippen LogP contribution in [0.1, 0.15) is 59.8 Å². The summed E-state index contributed by atoms with van der Waals surface area (Å²) in [5.74, 6) is 0.308. The van der Waals surface area contributed by atoms with Crippen molar-refractivity contribution in [2.45, 2.75) is 66.3 Å². The molecular weight excluding hydrogens is 332 g/mol. The molecule has 0 bridgehead atoms. The lowest BCUT2D eigenvalue weighted by molar-refractivity contribution is -0.123. The Hall–Kier alpha value is -2.05. The van der Waals surface area contributed by atoms with Crippen molar-refractivity contribution in [3.63, 3.8) is 0 Å². The van der Waals surface area contributed by atoms with Crippen LogP contribution in [0.25, 0.3) is 0 Å². The van der Waals surface area contributed by atoms with E-state index in [1.807, 2.05) is 27.7 Å². The van der Waals surface area contributed by atoms with Gasteiger partial charge in [-0.3, -0.25) is 19.1 Å². The van der Waals surface area contributed by atoms with Gasteiger partial charge < -0.3 is 10.6 Å². The molecule has 1 amide bonds. The molecule has 7 nitrogen and oxygen atoms in total. The van der Waals surface area contributed by atoms with Gasteiger partial charge in [-0.2, -0.15) is 0 Å². The predicted molar refractivity (Wildman–Crippen MR) is 104 cm³/mol. The Kier molecular flexibility index (Phi) is 6.67. The molecule has 26 heavy (non-hydrogen) atoms. The van der Waals surface area contributed by atoms with Crippen molar-refractivity contribution in [3.8, 4) is 0 Å². The van der Waals surface area contributed by atoms with Crippen molar-refractivity contribution in [1.82, 2.24) is 9.55 Å². The minimum Gasteiger partial charge on any atom is -0.383 e. The summed E-state index contributed by atoms with van der Waals surface area (Å²) >= 11 is 0. The first-order chi connectivity index (χ1) is 12.2. The summed E-state index contributed by atoms with van der Waals surface area (Å²) in [4.78, 5) is 41.8. The molecule has 1 aromatic heterocycles. The molecule has 0 radical (unpaired) electrons. The fraction of sp³-hybridized carbons (Fsp3) is 0.737. The van der Waals surface area contributed by atoms with Crippen LogP contribution in [0.15, 0.2) is 9.59 Å². The summed E-state index contributed by atoms with van der Waals surface area (Å²) in [6.07, 6.45) is 4.90. The minimum atomic E-state index is -0.586. The van der Waals surface area contributed by atoms with Crippen molar-refractivity contribution in [2.24, 2.45) is 17.8 Å². The van der Waals surface area contributed by atoms with Crippen LogP contribution in [0, 0.1) is 17.8 Å². The quantitative estimate of drug-likeness (QED) is 0.809. The van der Waals surface area contributed by atoms with Crippen molar-refractivity contribution < 1.29 is 4.79 Å². The van der Waals surface area contributed by atoms with Gasteiger partial charge in [-0.15, -0.1) is 0 Å². The van der Waals surface area contributed by atoms with Crippen LogP contribution in [-0.4, -0.2) is 22.0 Å². The van der Waals surface area contributed by atoms with Gasteiger partial charge in [0.2, 0.25) is 5.91 Å². The number of H-pyrrole nitrogens is 1. The van der Waals surface area contributed by atoms with E-state index in [9.17, 15) is 14.4 Å². The lowest BCUT2D eigenvalue weighted by Crippen LogP contribution is -2.45. The third kappa shape index (κ3) is 4.56. The standard InChI is InChI=1S/C19H32N4O3/c1-12(2)10-22(18(25)14-8-6-5-7-9-14)15-16(20)23(11-13(3)4)19(26)21-17(15)24/h12-14H,5-11,20H2,1-4H3,(H,21,24,26). The number of aromatic amines is 1. The molecular formula is C19H32N4O3. The molecule has 0 spiro atoms. The number of amides is 1. The zero-order valence-electron chi connectivity index (χ0n) is 16.4. The van der Waals surface area contributed by atoms with Crippen LogP contribution in [0.2, 0.25) is 0 Å². The summed E-state index contributed by atoms with van der Waals surface area (Å²) in [6.45, 7) is 8.72. The molecule has 2 rings (SSSR count). The van der Waals surface area contributed by atoms with Crippen molar-refractivity contribution in [1.29, 1.82) is 0 Å². The maximum absolute atomic E-state index is 13.2. The van der Waals surface area contributed by atoms with E-state index in [0.29, 0.717) is 13.1 Å². The van der Waals surface area contributed by atoms with Crippen LogP contribution in [0.4, 0.5) is 11.5 Å². The van der Waals surface area contributed by atoms with Crippen LogP contribution in [-0.2, 0) is 11.3 Å². The molecule has 1 saturated carbocycles. The van der Waals surface area contributed by atoms with Crippen LogP contribution < -0.4 is 21.9 Å². The number of anilines is 2. The number of hydrogen-bond donors (Lipinski definition) is 2. The van der Waals surface area contributed by atoms with Gasteiger partial charge in [-0.05, 0) is 24.7 Å². The third-order valence-corrected chi connectivity index (χ3v) is 4.80. The Morgan fingerprint density at radius 3 is 2.31 bits per heavy atom. The Labute approximate surface area is 154 Å². The van der Waals surface area contributed by atoms with E-state index in [4.69, 9.17) is 5.73 Å². The number of hydrogen-bond acceptors (Lipinski definition) is 4. The number of carbonyl (C=O) groups is 1. The summed E-state index contributed by atoms with van der Waals surface area (Å²) < 4.78 is 1.36. The Balaban J connectivity index is 2.51. The summed E-state index contributed by atoms with van der Waals surface area (Å²) in [5, 5.41) is 0. The predicted octanol–water partition coefficient (Wildman–Crippen LogP) is 2.34. The van der Waals surface area contributed by atoms with Gasteiger partial charge in [0, 0.05) is 19.0 Å². The van der Waals surface area contributed by atoms with Gasteiger partial charge in [0.05, 0.1) is 0 Å².